The summed E-state index contributed by atoms with van der Waals surface area (Å²) in [5.41, 5.74) is 0.435. The fourth-order valence-corrected chi connectivity index (χ4v) is 3.03. The summed E-state index contributed by atoms with van der Waals surface area (Å²) in [5, 5.41) is 9.80. The Morgan fingerprint density at radius 3 is 2.71 bits per heavy atom. The van der Waals surface area contributed by atoms with Gasteiger partial charge in [0.05, 0.1) is 31.9 Å². The number of amides is 1. The number of hydrogen-bond acceptors (Lipinski definition) is 4. The normalized spacial score (nSPS) is 21.5. The van der Waals surface area contributed by atoms with Crippen LogP contribution in [0.4, 0.5) is 0 Å². The van der Waals surface area contributed by atoms with Gasteiger partial charge < -0.3 is 19.5 Å². The minimum absolute atomic E-state index is 0.0338. The van der Waals surface area contributed by atoms with Crippen molar-refractivity contribution in [1.29, 1.82) is 0 Å². The van der Waals surface area contributed by atoms with Crippen LogP contribution in [-0.2, 0) is 0 Å². The lowest BCUT2D eigenvalue weighted by molar-refractivity contribution is 0.0648. The van der Waals surface area contributed by atoms with Crippen molar-refractivity contribution in [2.45, 2.75) is 19.4 Å². The summed E-state index contributed by atoms with van der Waals surface area (Å²) in [6.45, 7) is 2.64. The predicted octanol–water partition coefficient (Wildman–Crippen LogP) is 2.20. The van der Waals surface area contributed by atoms with Crippen LogP contribution < -0.4 is 9.47 Å². The largest absolute Gasteiger partial charge is 0.493 e. The van der Waals surface area contributed by atoms with Crippen LogP contribution in [0.25, 0.3) is 0 Å². The number of nitrogens with zero attached hydrogens (tertiary/aromatic N) is 1. The van der Waals surface area contributed by atoms with Gasteiger partial charge in [-0.15, -0.1) is 0 Å². The third-order valence-corrected chi connectivity index (χ3v) is 4.29. The molecule has 0 spiro atoms. The van der Waals surface area contributed by atoms with E-state index in [1.54, 1.807) is 17.0 Å². The summed E-state index contributed by atoms with van der Waals surface area (Å²) in [7, 11) is 2.99. The molecular formula is C15H20ClNO4. The molecule has 116 valence electrons. The molecule has 5 nitrogen and oxygen atoms in total. The van der Waals surface area contributed by atoms with E-state index in [2.05, 4.69) is 0 Å². The van der Waals surface area contributed by atoms with E-state index >= 15 is 0 Å². The highest BCUT2D eigenvalue weighted by Crippen LogP contribution is 2.37. The average Bonchev–Trinajstić information content (AvgIpc) is 2.86. The van der Waals surface area contributed by atoms with Gasteiger partial charge in [0.25, 0.3) is 5.91 Å². The van der Waals surface area contributed by atoms with E-state index < -0.39 is 0 Å². The smallest absolute Gasteiger partial charge is 0.254 e. The molecule has 2 rings (SSSR count). The van der Waals surface area contributed by atoms with Gasteiger partial charge in [0.1, 0.15) is 0 Å². The van der Waals surface area contributed by atoms with E-state index in [1.165, 1.54) is 14.2 Å². The van der Waals surface area contributed by atoms with Crippen LogP contribution in [0.5, 0.6) is 11.5 Å². The van der Waals surface area contributed by atoms with Gasteiger partial charge in [0.15, 0.2) is 11.5 Å². The van der Waals surface area contributed by atoms with Gasteiger partial charge in [-0.3, -0.25) is 4.79 Å². The Hall–Kier alpha value is -1.46. The molecule has 0 bridgehead atoms. The summed E-state index contributed by atoms with van der Waals surface area (Å²) in [4.78, 5) is 14.3. The lowest BCUT2D eigenvalue weighted by Crippen LogP contribution is -2.39. The number of carbonyl (C=O) groups excluding carboxylic acids is 1. The molecule has 0 aromatic heterocycles. The van der Waals surface area contributed by atoms with Crippen LogP contribution in [0.2, 0.25) is 5.02 Å². The summed E-state index contributed by atoms with van der Waals surface area (Å²) in [6, 6.07) is 3.04. The van der Waals surface area contributed by atoms with Crippen molar-refractivity contribution in [2.75, 3.05) is 27.4 Å². The van der Waals surface area contributed by atoms with Gasteiger partial charge >= 0.3 is 0 Å². The summed E-state index contributed by atoms with van der Waals surface area (Å²) in [5.74, 6) is 0.959. The van der Waals surface area contributed by atoms with Gasteiger partial charge in [0.2, 0.25) is 0 Å². The van der Waals surface area contributed by atoms with Crippen molar-refractivity contribution < 1.29 is 19.4 Å². The maximum absolute atomic E-state index is 12.6. The molecule has 1 amide bonds. The Labute approximate surface area is 129 Å². The quantitative estimate of drug-likeness (QED) is 0.926. The number of methoxy groups -OCH3 is 2. The molecule has 0 saturated carbocycles. The molecule has 21 heavy (non-hydrogen) atoms. The lowest BCUT2D eigenvalue weighted by atomic mass is 10.0. The van der Waals surface area contributed by atoms with E-state index in [0.717, 1.165) is 6.42 Å². The highest BCUT2D eigenvalue weighted by Gasteiger charge is 2.34. The predicted molar refractivity (Wildman–Crippen MR) is 80.2 cm³/mol. The van der Waals surface area contributed by atoms with Gasteiger partial charge in [-0.25, -0.2) is 0 Å². The molecule has 1 N–H and O–H groups in total. The van der Waals surface area contributed by atoms with Crippen molar-refractivity contribution in [3.8, 4) is 11.5 Å². The SMILES string of the molecule is COc1cc(C(=O)N2CCC(C)C2CO)cc(Cl)c1OC. The highest BCUT2D eigenvalue weighted by atomic mass is 35.5. The fraction of sp³-hybridized carbons (Fsp3) is 0.533. The summed E-state index contributed by atoms with van der Waals surface area (Å²) in [6.07, 6.45) is 0.887. The molecule has 1 aliphatic heterocycles. The van der Waals surface area contributed by atoms with Crippen molar-refractivity contribution in [1.82, 2.24) is 4.90 Å². The van der Waals surface area contributed by atoms with Crippen molar-refractivity contribution >= 4 is 17.5 Å². The van der Waals surface area contributed by atoms with Crippen molar-refractivity contribution in [2.24, 2.45) is 5.92 Å². The van der Waals surface area contributed by atoms with Crippen LogP contribution in [0, 0.1) is 5.92 Å². The molecule has 1 heterocycles. The maximum atomic E-state index is 12.6. The second kappa shape index (κ2) is 6.54. The Morgan fingerprint density at radius 1 is 1.43 bits per heavy atom. The first-order valence-electron chi connectivity index (χ1n) is 6.86. The number of aliphatic hydroxyl groups excluding tert-OH is 1. The zero-order valence-electron chi connectivity index (χ0n) is 12.4. The number of hydrogen-bond donors (Lipinski definition) is 1. The second-order valence-corrected chi connectivity index (χ2v) is 5.62. The molecule has 0 aliphatic carbocycles. The molecule has 6 heteroatoms. The van der Waals surface area contributed by atoms with Crippen LogP contribution in [0.3, 0.4) is 0 Å². The number of ether oxygens (including phenoxy) is 2. The van der Waals surface area contributed by atoms with E-state index in [4.69, 9.17) is 21.1 Å². The van der Waals surface area contributed by atoms with Gasteiger partial charge in [-0.2, -0.15) is 0 Å². The number of likely N-dealkylation sites (tertiary alicyclic amines) is 1. The number of rotatable bonds is 4. The zero-order chi connectivity index (χ0) is 15.6. The number of aliphatic hydroxyl groups is 1. The molecule has 1 saturated heterocycles. The monoisotopic (exact) mass is 313 g/mol. The average molecular weight is 314 g/mol. The Kier molecular flexibility index (Phi) is 4.96. The highest BCUT2D eigenvalue weighted by molar-refractivity contribution is 6.32. The summed E-state index contributed by atoms with van der Waals surface area (Å²) >= 11 is 6.14. The molecule has 1 fully saturated rings. The molecule has 1 aromatic rings. The van der Waals surface area contributed by atoms with Gasteiger partial charge in [0, 0.05) is 12.1 Å². The van der Waals surface area contributed by atoms with Crippen LogP contribution in [0.15, 0.2) is 12.1 Å². The maximum Gasteiger partial charge on any atom is 0.254 e. The first kappa shape index (κ1) is 15.9. The lowest BCUT2D eigenvalue weighted by Gasteiger charge is -2.25. The minimum atomic E-state index is -0.152. The molecular weight excluding hydrogens is 294 g/mol. The molecule has 0 radical (unpaired) electrons. The van der Waals surface area contributed by atoms with E-state index in [1.807, 2.05) is 6.92 Å². The van der Waals surface area contributed by atoms with Crippen LogP contribution >= 0.6 is 11.6 Å². The number of carbonyl (C=O) groups is 1. The van der Waals surface area contributed by atoms with E-state index in [-0.39, 0.29) is 24.5 Å². The molecule has 2 unspecified atom stereocenters. The molecule has 2 atom stereocenters. The van der Waals surface area contributed by atoms with Crippen LogP contribution in [0.1, 0.15) is 23.7 Å². The topological polar surface area (TPSA) is 59.0 Å². The zero-order valence-corrected chi connectivity index (χ0v) is 13.2. The Morgan fingerprint density at radius 2 is 2.14 bits per heavy atom. The standard InChI is InChI=1S/C15H20ClNO4/c1-9-4-5-17(12(9)8-18)15(19)10-6-11(16)14(21-3)13(7-10)20-2/h6-7,9,12,18H,4-5,8H2,1-3H3. The Balaban J connectivity index is 2.34. The van der Waals surface area contributed by atoms with Gasteiger partial charge in [-0.1, -0.05) is 18.5 Å². The first-order chi connectivity index (χ1) is 10.0. The van der Waals surface area contributed by atoms with Crippen molar-refractivity contribution in [3.63, 3.8) is 0 Å². The third kappa shape index (κ3) is 2.94. The van der Waals surface area contributed by atoms with E-state index in [9.17, 15) is 9.90 Å². The number of benzene rings is 1. The summed E-state index contributed by atoms with van der Waals surface area (Å²) < 4.78 is 10.4. The van der Waals surface area contributed by atoms with Crippen molar-refractivity contribution in [3.05, 3.63) is 22.7 Å². The second-order valence-electron chi connectivity index (χ2n) is 5.21. The molecule has 1 aliphatic rings. The number of halogens is 1. The van der Waals surface area contributed by atoms with E-state index in [0.29, 0.717) is 28.6 Å². The first-order valence-corrected chi connectivity index (χ1v) is 7.24. The van der Waals surface area contributed by atoms with Gasteiger partial charge in [-0.05, 0) is 24.5 Å². The Bertz CT molecular complexity index is 535. The minimum Gasteiger partial charge on any atom is -0.493 e. The fourth-order valence-electron chi connectivity index (χ4n) is 2.75. The third-order valence-electron chi connectivity index (χ3n) is 4.01. The molecule has 1 aromatic carbocycles. The van der Waals surface area contributed by atoms with Crippen LogP contribution in [-0.4, -0.2) is 49.3 Å².